The molecule has 1 aromatic heterocycles. The Hall–Kier alpha value is -1.91. The third kappa shape index (κ3) is 3.94. The molecule has 0 unspecified atom stereocenters. The van der Waals surface area contributed by atoms with Gasteiger partial charge in [-0.3, -0.25) is 0 Å². The lowest BCUT2D eigenvalue weighted by molar-refractivity contribution is 0.617. The van der Waals surface area contributed by atoms with Crippen LogP contribution in [0.1, 0.15) is 18.1 Å². The van der Waals surface area contributed by atoms with Crippen LogP contribution in [-0.2, 0) is 12.2 Å². The second-order valence-electron chi connectivity index (χ2n) is 5.30. The molecular weight excluding hydrogens is 343 g/mol. The number of aromatic nitrogens is 2. The normalized spacial score (nSPS) is 10.8. The van der Waals surface area contributed by atoms with Crippen molar-refractivity contribution in [2.75, 3.05) is 0 Å². The summed E-state index contributed by atoms with van der Waals surface area (Å²) in [5.74, 6) is 0.126. The van der Waals surface area contributed by atoms with Gasteiger partial charge in [0.05, 0.1) is 5.69 Å². The van der Waals surface area contributed by atoms with Crippen LogP contribution >= 0.6 is 23.4 Å². The van der Waals surface area contributed by atoms with Gasteiger partial charge in [0.25, 0.3) is 0 Å². The molecule has 0 amide bonds. The highest BCUT2D eigenvalue weighted by molar-refractivity contribution is 7.98. The van der Waals surface area contributed by atoms with Crippen LogP contribution in [0, 0.1) is 5.82 Å². The van der Waals surface area contributed by atoms with E-state index in [1.807, 2.05) is 12.1 Å². The third-order valence-corrected chi connectivity index (χ3v) is 5.02. The summed E-state index contributed by atoms with van der Waals surface area (Å²) in [5, 5.41) is 9.66. The molecule has 1 heterocycles. The largest absolute Gasteiger partial charge is 0.207 e. The lowest BCUT2D eigenvalue weighted by Gasteiger charge is -2.06. The first-order chi connectivity index (χ1) is 11.7. The van der Waals surface area contributed by atoms with Gasteiger partial charge in [0.15, 0.2) is 0 Å². The van der Waals surface area contributed by atoms with Gasteiger partial charge in [-0.05, 0) is 36.2 Å². The van der Waals surface area contributed by atoms with E-state index < -0.39 is 0 Å². The molecule has 24 heavy (non-hydrogen) atoms. The molecule has 3 aromatic rings. The zero-order chi connectivity index (χ0) is 16.9. The van der Waals surface area contributed by atoms with Crippen molar-refractivity contribution in [3.05, 3.63) is 76.6 Å². The average molecular weight is 359 g/mol. The first-order valence-corrected chi connectivity index (χ1v) is 9.02. The molecule has 0 aliphatic rings. The van der Waals surface area contributed by atoms with Crippen molar-refractivity contribution >= 4 is 23.4 Å². The fourth-order valence-electron chi connectivity index (χ4n) is 2.28. The Bertz CT molecular complexity index is 800. The van der Waals surface area contributed by atoms with Crippen molar-refractivity contribution in [1.82, 2.24) is 10.2 Å². The van der Waals surface area contributed by atoms with E-state index in [0.717, 1.165) is 22.7 Å². The molecule has 2 aromatic carbocycles. The van der Waals surface area contributed by atoms with E-state index in [1.165, 1.54) is 23.4 Å². The van der Waals surface area contributed by atoms with Crippen molar-refractivity contribution in [3.63, 3.8) is 0 Å². The SMILES string of the molecule is CCc1ccc(-c2ccc(SCc3c(F)cccc3Cl)nn2)cc1. The lowest BCUT2D eigenvalue weighted by atomic mass is 10.1. The number of hydrogen-bond acceptors (Lipinski definition) is 3. The summed E-state index contributed by atoms with van der Waals surface area (Å²) in [7, 11) is 0. The van der Waals surface area contributed by atoms with E-state index in [4.69, 9.17) is 11.6 Å². The molecular formula is C19H16ClFN2S. The van der Waals surface area contributed by atoms with Crippen molar-refractivity contribution < 1.29 is 4.39 Å². The number of benzene rings is 2. The summed E-state index contributed by atoms with van der Waals surface area (Å²) in [6.07, 6.45) is 1.01. The molecule has 122 valence electrons. The summed E-state index contributed by atoms with van der Waals surface area (Å²) >= 11 is 7.45. The highest BCUT2D eigenvalue weighted by Crippen LogP contribution is 2.28. The summed E-state index contributed by atoms with van der Waals surface area (Å²) in [5.41, 5.74) is 3.64. The Morgan fingerprint density at radius 1 is 1.00 bits per heavy atom. The lowest BCUT2D eigenvalue weighted by Crippen LogP contribution is -1.92. The van der Waals surface area contributed by atoms with E-state index in [1.54, 1.807) is 12.1 Å². The van der Waals surface area contributed by atoms with E-state index in [-0.39, 0.29) is 5.82 Å². The molecule has 0 N–H and O–H groups in total. The van der Waals surface area contributed by atoms with Crippen LogP contribution in [0.3, 0.4) is 0 Å². The summed E-state index contributed by atoms with van der Waals surface area (Å²) in [6.45, 7) is 2.13. The minimum atomic E-state index is -0.296. The maximum Gasteiger partial charge on any atom is 0.128 e. The number of halogens is 2. The van der Waals surface area contributed by atoms with Gasteiger partial charge in [-0.1, -0.05) is 60.6 Å². The van der Waals surface area contributed by atoms with E-state index in [0.29, 0.717) is 16.3 Å². The van der Waals surface area contributed by atoms with E-state index in [9.17, 15) is 4.39 Å². The maximum absolute atomic E-state index is 13.8. The Morgan fingerprint density at radius 2 is 1.79 bits per heavy atom. The zero-order valence-electron chi connectivity index (χ0n) is 13.2. The van der Waals surface area contributed by atoms with Crippen molar-refractivity contribution in [3.8, 4) is 11.3 Å². The van der Waals surface area contributed by atoms with Gasteiger partial charge in [-0.25, -0.2) is 4.39 Å². The van der Waals surface area contributed by atoms with Crippen LogP contribution in [0.4, 0.5) is 4.39 Å². The number of thioether (sulfide) groups is 1. The predicted octanol–water partition coefficient (Wildman–Crippen LogP) is 5.79. The first-order valence-electron chi connectivity index (χ1n) is 7.66. The van der Waals surface area contributed by atoms with Crippen LogP contribution < -0.4 is 0 Å². The number of rotatable bonds is 5. The maximum atomic E-state index is 13.8. The van der Waals surface area contributed by atoms with Crippen molar-refractivity contribution in [1.29, 1.82) is 0 Å². The van der Waals surface area contributed by atoms with Crippen LogP contribution in [-0.4, -0.2) is 10.2 Å². The summed E-state index contributed by atoms with van der Waals surface area (Å²) in [6, 6.07) is 16.8. The number of nitrogens with zero attached hydrogens (tertiary/aromatic N) is 2. The molecule has 0 saturated heterocycles. The Balaban J connectivity index is 1.70. The van der Waals surface area contributed by atoms with Gasteiger partial charge in [0.1, 0.15) is 10.8 Å². The van der Waals surface area contributed by atoms with E-state index in [2.05, 4.69) is 41.4 Å². The quantitative estimate of drug-likeness (QED) is 0.540. The molecule has 0 aliphatic carbocycles. The van der Waals surface area contributed by atoms with Gasteiger partial charge < -0.3 is 0 Å². The minimum absolute atomic E-state index is 0.296. The topological polar surface area (TPSA) is 25.8 Å². The molecule has 0 spiro atoms. The summed E-state index contributed by atoms with van der Waals surface area (Å²) in [4.78, 5) is 0. The highest BCUT2D eigenvalue weighted by atomic mass is 35.5. The van der Waals surface area contributed by atoms with Crippen LogP contribution in [0.5, 0.6) is 0 Å². The Labute approximate surface area is 150 Å². The molecule has 0 atom stereocenters. The fraction of sp³-hybridized carbons (Fsp3) is 0.158. The average Bonchev–Trinajstić information content (AvgIpc) is 2.62. The van der Waals surface area contributed by atoms with Gasteiger partial charge in [0.2, 0.25) is 0 Å². The van der Waals surface area contributed by atoms with Crippen LogP contribution in [0.25, 0.3) is 11.3 Å². The first kappa shape index (κ1) is 16.9. The molecule has 0 aliphatic heterocycles. The van der Waals surface area contributed by atoms with Gasteiger partial charge in [-0.2, -0.15) is 0 Å². The molecule has 0 bridgehead atoms. The zero-order valence-corrected chi connectivity index (χ0v) is 14.7. The Kier molecular flexibility index (Phi) is 5.48. The second-order valence-corrected chi connectivity index (χ2v) is 6.70. The summed E-state index contributed by atoms with van der Waals surface area (Å²) < 4.78 is 13.8. The Morgan fingerprint density at radius 3 is 2.42 bits per heavy atom. The predicted molar refractivity (Wildman–Crippen MR) is 97.8 cm³/mol. The number of aryl methyl sites for hydroxylation is 1. The molecule has 0 fully saturated rings. The monoisotopic (exact) mass is 358 g/mol. The molecule has 0 saturated carbocycles. The molecule has 0 radical (unpaired) electrons. The van der Waals surface area contributed by atoms with Crippen LogP contribution in [0.2, 0.25) is 5.02 Å². The molecule has 3 rings (SSSR count). The van der Waals surface area contributed by atoms with Crippen molar-refractivity contribution in [2.45, 2.75) is 24.1 Å². The third-order valence-electron chi connectivity index (χ3n) is 3.72. The standard InChI is InChI=1S/C19H16ClFN2S/c1-2-13-6-8-14(9-7-13)18-10-11-19(23-22-18)24-12-15-16(20)4-3-5-17(15)21/h3-11H,2,12H2,1H3. The van der Waals surface area contributed by atoms with Gasteiger partial charge in [0, 0.05) is 21.9 Å². The van der Waals surface area contributed by atoms with E-state index >= 15 is 0 Å². The molecule has 5 heteroatoms. The molecule has 2 nitrogen and oxygen atoms in total. The highest BCUT2D eigenvalue weighted by Gasteiger charge is 2.08. The van der Waals surface area contributed by atoms with Crippen LogP contribution in [0.15, 0.2) is 59.6 Å². The number of hydrogen-bond donors (Lipinski definition) is 0. The smallest absolute Gasteiger partial charge is 0.128 e. The van der Waals surface area contributed by atoms with Gasteiger partial charge in [-0.15, -0.1) is 10.2 Å². The second kappa shape index (κ2) is 7.77. The minimum Gasteiger partial charge on any atom is -0.207 e. The fourth-order valence-corrected chi connectivity index (χ4v) is 3.44. The van der Waals surface area contributed by atoms with Gasteiger partial charge >= 0.3 is 0 Å². The van der Waals surface area contributed by atoms with Crippen molar-refractivity contribution in [2.24, 2.45) is 0 Å².